The molecule has 2 aromatic rings. The van der Waals surface area contributed by atoms with Crippen molar-refractivity contribution in [2.24, 2.45) is 7.05 Å². The van der Waals surface area contributed by atoms with Crippen molar-refractivity contribution in [1.82, 2.24) is 20.1 Å². The van der Waals surface area contributed by atoms with Crippen LogP contribution in [0.3, 0.4) is 0 Å². The molecule has 1 heterocycles. The largest absolute Gasteiger partial charge is 0.484 e. The maximum atomic E-state index is 11.8. The van der Waals surface area contributed by atoms with E-state index in [4.69, 9.17) is 4.74 Å². The molecule has 0 unspecified atom stereocenters. The van der Waals surface area contributed by atoms with Crippen LogP contribution in [0.25, 0.3) is 0 Å². The Morgan fingerprint density at radius 1 is 1.32 bits per heavy atom. The highest BCUT2D eigenvalue weighted by molar-refractivity contribution is 9.10. The summed E-state index contributed by atoms with van der Waals surface area (Å²) in [4.78, 5) is 11.8. The first-order valence-corrected chi connectivity index (χ1v) is 7.80. The van der Waals surface area contributed by atoms with Crippen LogP contribution >= 0.6 is 15.9 Å². The summed E-state index contributed by atoms with van der Waals surface area (Å²) in [5.41, 5.74) is 0. The highest BCUT2D eigenvalue weighted by atomic mass is 79.9. The topological polar surface area (TPSA) is 69.0 Å². The summed E-state index contributed by atoms with van der Waals surface area (Å²) >= 11 is 3.34. The summed E-state index contributed by atoms with van der Waals surface area (Å²) < 4.78 is 8.28. The molecule has 7 heteroatoms. The van der Waals surface area contributed by atoms with E-state index in [-0.39, 0.29) is 12.5 Å². The van der Waals surface area contributed by atoms with Crippen LogP contribution in [-0.4, -0.2) is 27.3 Å². The molecular formula is C15H19BrN4O2. The molecule has 118 valence electrons. The van der Waals surface area contributed by atoms with Gasteiger partial charge in [0, 0.05) is 17.4 Å². The number of halogens is 1. The average molecular weight is 367 g/mol. The number of hydrogen-bond donors (Lipinski definition) is 1. The minimum atomic E-state index is -0.197. The Labute approximate surface area is 138 Å². The van der Waals surface area contributed by atoms with Gasteiger partial charge in [0.25, 0.3) is 5.91 Å². The maximum absolute atomic E-state index is 11.8. The van der Waals surface area contributed by atoms with Crippen LogP contribution in [-0.2, 0) is 18.4 Å². The van der Waals surface area contributed by atoms with Gasteiger partial charge in [-0.2, -0.15) is 0 Å². The van der Waals surface area contributed by atoms with Gasteiger partial charge in [0.2, 0.25) is 0 Å². The van der Waals surface area contributed by atoms with Crippen molar-refractivity contribution in [3.8, 4) is 5.75 Å². The molecule has 0 bridgehead atoms. The fraction of sp³-hybridized carbons (Fsp3) is 0.400. The second-order valence-electron chi connectivity index (χ2n) is 5.21. The molecule has 0 aliphatic rings. The van der Waals surface area contributed by atoms with Gasteiger partial charge >= 0.3 is 0 Å². The molecule has 0 spiro atoms. The molecule has 0 saturated heterocycles. The van der Waals surface area contributed by atoms with Crippen LogP contribution in [0.4, 0.5) is 0 Å². The molecule has 0 aliphatic heterocycles. The average Bonchev–Trinajstić information content (AvgIpc) is 2.85. The zero-order chi connectivity index (χ0) is 16.1. The number of carbonyl (C=O) groups is 1. The highest BCUT2D eigenvalue weighted by Gasteiger charge is 2.12. The summed E-state index contributed by atoms with van der Waals surface area (Å²) in [6.07, 6.45) is 0. The molecule has 0 saturated carbocycles. The Morgan fingerprint density at radius 2 is 2.00 bits per heavy atom. The van der Waals surface area contributed by atoms with Crippen molar-refractivity contribution in [1.29, 1.82) is 0 Å². The van der Waals surface area contributed by atoms with Crippen molar-refractivity contribution >= 4 is 21.8 Å². The van der Waals surface area contributed by atoms with Crippen molar-refractivity contribution < 1.29 is 9.53 Å². The van der Waals surface area contributed by atoms with Crippen LogP contribution in [0.2, 0.25) is 0 Å². The van der Waals surface area contributed by atoms with E-state index in [0.29, 0.717) is 18.2 Å². The Morgan fingerprint density at radius 3 is 2.59 bits per heavy atom. The van der Waals surface area contributed by atoms with Gasteiger partial charge in [-0.15, -0.1) is 10.2 Å². The molecule has 6 nitrogen and oxygen atoms in total. The molecule has 2 rings (SSSR count). The third kappa shape index (κ3) is 4.30. The minimum Gasteiger partial charge on any atom is -0.484 e. The van der Waals surface area contributed by atoms with Gasteiger partial charge in [-0.25, -0.2) is 0 Å². The first-order valence-electron chi connectivity index (χ1n) is 7.00. The molecule has 1 aromatic heterocycles. The van der Waals surface area contributed by atoms with Crippen molar-refractivity contribution in [3.63, 3.8) is 0 Å². The number of carbonyl (C=O) groups excluding carboxylic acids is 1. The quantitative estimate of drug-likeness (QED) is 0.851. The Bertz CT molecular complexity index is 637. The number of nitrogens with one attached hydrogen (secondary N) is 1. The number of rotatable bonds is 6. The Balaban J connectivity index is 1.81. The lowest BCUT2D eigenvalue weighted by molar-refractivity contribution is -0.123. The summed E-state index contributed by atoms with van der Waals surface area (Å²) in [6.45, 7) is 4.41. The van der Waals surface area contributed by atoms with Crippen LogP contribution in [0.1, 0.15) is 31.4 Å². The summed E-state index contributed by atoms with van der Waals surface area (Å²) in [5, 5.41) is 11.0. The fourth-order valence-electron chi connectivity index (χ4n) is 1.94. The smallest absolute Gasteiger partial charge is 0.258 e. The van der Waals surface area contributed by atoms with Crippen LogP contribution in [0.15, 0.2) is 28.7 Å². The van der Waals surface area contributed by atoms with E-state index in [1.165, 1.54) is 0 Å². The van der Waals surface area contributed by atoms with E-state index in [0.717, 1.165) is 16.1 Å². The highest BCUT2D eigenvalue weighted by Crippen LogP contribution is 2.16. The lowest BCUT2D eigenvalue weighted by Crippen LogP contribution is -2.29. The zero-order valence-electron chi connectivity index (χ0n) is 12.8. The standard InChI is InChI=1S/C15H19BrN4O2/c1-10(2)15-19-18-13(20(15)3)8-17-14(21)9-22-12-6-4-11(16)5-7-12/h4-7,10H,8-9H2,1-3H3,(H,17,21). The molecule has 0 fully saturated rings. The monoisotopic (exact) mass is 366 g/mol. The molecule has 22 heavy (non-hydrogen) atoms. The normalized spacial score (nSPS) is 10.8. The van der Waals surface area contributed by atoms with Gasteiger partial charge in [-0.05, 0) is 24.3 Å². The van der Waals surface area contributed by atoms with Gasteiger partial charge in [0.1, 0.15) is 11.6 Å². The Hall–Kier alpha value is -1.89. The molecule has 0 radical (unpaired) electrons. The van der Waals surface area contributed by atoms with Crippen LogP contribution < -0.4 is 10.1 Å². The lowest BCUT2D eigenvalue weighted by Gasteiger charge is -2.08. The third-order valence-electron chi connectivity index (χ3n) is 3.14. The first-order chi connectivity index (χ1) is 10.5. The lowest BCUT2D eigenvalue weighted by atomic mass is 10.2. The van der Waals surface area contributed by atoms with Crippen LogP contribution in [0.5, 0.6) is 5.75 Å². The van der Waals surface area contributed by atoms with Gasteiger partial charge in [-0.3, -0.25) is 4.79 Å². The molecule has 1 amide bonds. The molecular weight excluding hydrogens is 348 g/mol. The molecule has 1 aromatic carbocycles. The molecule has 0 atom stereocenters. The van der Waals surface area contributed by atoms with E-state index in [1.54, 1.807) is 12.1 Å². The molecule has 1 N–H and O–H groups in total. The number of aromatic nitrogens is 3. The van der Waals surface area contributed by atoms with Gasteiger partial charge in [-0.1, -0.05) is 29.8 Å². The minimum absolute atomic E-state index is 0.0312. The van der Waals surface area contributed by atoms with E-state index in [2.05, 4.69) is 45.3 Å². The maximum Gasteiger partial charge on any atom is 0.258 e. The second-order valence-corrected chi connectivity index (χ2v) is 6.12. The van der Waals surface area contributed by atoms with Gasteiger partial charge in [0.15, 0.2) is 12.4 Å². The SMILES string of the molecule is CC(C)c1nnc(CNC(=O)COc2ccc(Br)cc2)n1C. The van der Waals surface area contributed by atoms with Gasteiger partial charge in [0.05, 0.1) is 6.54 Å². The number of amides is 1. The van der Waals surface area contributed by atoms with Crippen molar-refractivity contribution in [2.75, 3.05) is 6.61 Å². The number of hydrogen-bond acceptors (Lipinski definition) is 4. The number of benzene rings is 1. The van der Waals surface area contributed by atoms with Crippen molar-refractivity contribution in [3.05, 3.63) is 40.4 Å². The predicted molar refractivity (Wildman–Crippen MR) is 86.6 cm³/mol. The van der Waals surface area contributed by atoms with Crippen LogP contribution in [0, 0.1) is 0 Å². The van der Waals surface area contributed by atoms with Gasteiger partial charge < -0.3 is 14.6 Å². The van der Waals surface area contributed by atoms with E-state index < -0.39 is 0 Å². The number of nitrogens with zero attached hydrogens (tertiary/aromatic N) is 3. The zero-order valence-corrected chi connectivity index (χ0v) is 14.4. The first kappa shape index (κ1) is 16.5. The van der Waals surface area contributed by atoms with E-state index in [1.807, 2.05) is 23.7 Å². The number of ether oxygens (including phenoxy) is 1. The van der Waals surface area contributed by atoms with Crippen molar-refractivity contribution in [2.45, 2.75) is 26.3 Å². The summed E-state index contributed by atoms with van der Waals surface area (Å²) in [6, 6.07) is 7.32. The Kier molecular flexibility index (Phi) is 5.54. The summed E-state index contributed by atoms with van der Waals surface area (Å²) in [7, 11) is 1.90. The fourth-order valence-corrected chi connectivity index (χ4v) is 2.20. The molecule has 0 aliphatic carbocycles. The van der Waals surface area contributed by atoms with E-state index in [9.17, 15) is 4.79 Å². The second kappa shape index (κ2) is 7.40. The predicted octanol–water partition coefficient (Wildman–Crippen LogP) is 2.40. The van der Waals surface area contributed by atoms with E-state index >= 15 is 0 Å². The third-order valence-corrected chi connectivity index (χ3v) is 3.67. The summed E-state index contributed by atoms with van der Waals surface area (Å²) in [5.74, 6) is 2.37.